The van der Waals surface area contributed by atoms with Crippen LogP contribution in [0.15, 0.2) is 18.2 Å². The molecule has 3 nitrogen and oxygen atoms in total. The van der Waals surface area contributed by atoms with Crippen molar-refractivity contribution < 1.29 is 9.13 Å². The standard InChI is InChI=1S/C17H23FN2O/c1-20(15-8-13-3-4-14(9-15)19-13)10-16-7-11-6-12(18)2-5-17(11)21-16/h2,5-6,13-16,19H,3-4,7-10H2,1H3. The van der Waals surface area contributed by atoms with Gasteiger partial charge in [0.1, 0.15) is 17.7 Å². The Kier molecular flexibility index (Phi) is 3.38. The van der Waals surface area contributed by atoms with Crippen LogP contribution >= 0.6 is 0 Å². The van der Waals surface area contributed by atoms with Crippen molar-refractivity contribution in [2.24, 2.45) is 0 Å². The fourth-order valence-corrected chi connectivity index (χ4v) is 4.25. The number of ether oxygens (including phenoxy) is 1. The van der Waals surface area contributed by atoms with Crippen molar-refractivity contribution in [2.45, 2.75) is 56.3 Å². The molecule has 3 unspecified atom stereocenters. The van der Waals surface area contributed by atoms with Crippen molar-refractivity contribution in [3.05, 3.63) is 29.6 Å². The molecule has 0 radical (unpaired) electrons. The highest BCUT2D eigenvalue weighted by Crippen LogP contribution is 2.32. The van der Waals surface area contributed by atoms with Crippen molar-refractivity contribution in [3.8, 4) is 5.75 Å². The highest BCUT2D eigenvalue weighted by Gasteiger charge is 2.36. The fraction of sp³-hybridized carbons (Fsp3) is 0.647. The van der Waals surface area contributed by atoms with Crippen LogP contribution < -0.4 is 10.1 Å². The fourth-order valence-electron chi connectivity index (χ4n) is 4.25. The lowest BCUT2D eigenvalue weighted by molar-refractivity contribution is 0.112. The SMILES string of the molecule is CN(CC1Cc2cc(F)ccc2O1)C1CC2CCC(C1)N2. The summed E-state index contributed by atoms with van der Waals surface area (Å²) in [6.45, 7) is 0.931. The number of benzene rings is 1. The van der Waals surface area contributed by atoms with Gasteiger partial charge in [-0.15, -0.1) is 0 Å². The molecule has 3 heterocycles. The van der Waals surface area contributed by atoms with E-state index in [1.807, 2.05) is 0 Å². The van der Waals surface area contributed by atoms with Gasteiger partial charge in [-0.2, -0.15) is 0 Å². The van der Waals surface area contributed by atoms with E-state index in [-0.39, 0.29) is 11.9 Å². The Balaban J connectivity index is 1.37. The van der Waals surface area contributed by atoms with Gasteiger partial charge in [-0.3, -0.25) is 4.90 Å². The molecule has 1 N–H and O–H groups in total. The largest absolute Gasteiger partial charge is 0.488 e. The summed E-state index contributed by atoms with van der Waals surface area (Å²) in [6.07, 6.45) is 6.16. The van der Waals surface area contributed by atoms with Crippen LogP contribution in [0, 0.1) is 5.82 Å². The van der Waals surface area contributed by atoms with Gasteiger partial charge in [-0.05, 0) is 50.9 Å². The Morgan fingerprint density at radius 1 is 1.29 bits per heavy atom. The van der Waals surface area contributed by atoms with E-state index in [0.29, 0.717) is 18.1 Å². The summed E-state index contributed by atoms with van der Waals surface area (Å²) in [4.78, 5) is 2.46. The Hall–Kier alpha value is -1.13. The molecule has 0 aliphatic carbocycles. The average molecular weight is 290 g/mol. The van der Waals surface area contributed by atoms with E-state index >= 15 is 0 Å². The number of hydrogen-bond donors (Lipinski definition) is 1. The zero-order valence-electron chi connectivity index (χ0n) is 12.5. The van der Waals surface area contributed by atoms with E-state index in [4.69, 9.17) is 4.74 Å². The van der Waals surface area contributed by atoms with Gasteiger partial charge in [0.25, 0.3) is 0 Å². The molecule has 2 fully saturated rings. The van der Waals surface area contributed by atoms with Crippen LogP contribution in [0.25, 0.3) is 0 Å². The topological polar surface area (TPSA) is 24.5 Å². The maximum Gasteiger partial charge on any atom is 0.123 e. The van der Waals surface area contributed by atoms with Gasteiger partial charge in [0.05, 0.1) is 0 Å². The summed E-state index contributed by atoms with van der Waals surface area (Å²) in [5.41, 5.74) is 1.01. The number of fused-ring (bicyclic) bond motifs is 3. The molecule has 3 aliphatic rings. The van der Waals surface area contributed by atoms with Gasteiger partial charge in [-0.25, -0.2) is 4.39 Å². The van der Waals surface area contributed by atoms with Crippen LogP contribution in [0.5, 0.6) is 5.75 Å². The van der Waals surface area contributed by atoms with Crippen LogP contribution in [0.3, 0.4) is 0 Å². The zero-order chi connectivity index (χ0) is 14.4. The monoisotopic (exact) mass is 290 g/mol. The number of likely N-dealkylation sites (N-methyl/N-ethyl adjacent to an activating group) is 1. The molecule has 3 aliphatic heterocycles. The summed E-state index contributed by atoms with van der Waals surface area (Å²) in [5, 5.41) is 3.69. The second kappa shape index (κ2) is 5.25. The molecule has 21 heavy (non-hydrogen) atoms. The predicted octanol–water partition coefficient (Wildman–Crippen LogP) is 2.34. The van der Waals surface area contributed by atoms with Crippen LogP contribution in [0.2, 0.25) is 0 Å². The Labute approximate surface area is 125 Å². The van der Waals surface area contributed by atoms with Gasteiger partial charge < -0.3 is 10.1 Å². The third kappa shape index (κ3) is 2.67. The zero-order valence-corrected chi connectivity index (χ0v) is 12.5. The normalized spacial score (nSPS) is 34.0. The molecule has 2 saturated heterocycles. The summed E-state index contributed by atoms with van der Waals surface area (Å²) in [5.74, 6) is 0.696. The molecule has 0 spiro atoms. The van der Waals surface area contributed by atoms with Gasteiger partial charge in [0.15, 0.2) is 0 Å². The third-order valence-electron chi connectivity index (χ3n) is 5.33. The Morgan fingerprint density at radius 2 is 2.05 bits per heavy atom. The van der Waals surface area contributed by atoms with Crippen LogP contribution in [-0.4, -0.2) is 42.7 Å². The molecular weight excluding hydrogens is 267 g/mol. The first-order chi connectivity index (χ1) is 10.2. The summed E-state index contributed by atoms with van der Waals surface area (Å²) < 4.78 is 19.2. The predicted molar refractivity (Wildman–Crippen MR) is 80.1 cm³/mol. The first-order valence-electron chi connectivity index (χ1n) is 8.09. The quantitative estimate of drug-likeness (QED) is 0.925. The number of nitrogens with one attached hydrogen (secondary N) is 1. The van der Waals surface area contributed by atoms with Crippen LogP contribution in [-0.2, 0) is 6.42 Å². The van der Waals surface area contributed by atoms with Gasteiger partial charge in [0, 0.05) is 36.7 Å². The van der Waals surface area contributed by atoms with E-state index in [9.17, 15) is 4.39 Å². The van der Waals surface area contributed by atoms with Crippen molar-refractivity contribution in [3.63, 3.8) is 0 Å². The lowest BCUT2D eigenvalue weighted by Gasteiger charge is -2.36. The van der Waals surface area contributed by atoms with Gasteiger partial charge in [-0.1, -0.05) is 0 Å². The molecule has 0 aromatic heterocycles. The summed E-state index contributed by atoms with van der Waals surface area (Å²) >= 11 is 0. The van der Waals surface area contributed by atoms with E-state index in [0.717, 1.165) is 24.3 Å². The Bertz CT molecular complexity index is 524. The number of piperidine rings is 1. The minimum absolute atomic E-state index is 0.165. The van der Waals surface area contributed by atoms with E-state index < -0.39 is 0 Å². The molecule has 2 bridgehead atoms. The summed E-state index contributed by atoms with van der Waals surface area (Å²) in [7, 11) is 2.21. The van der Waals surface area contributed by atoms with Crippen molar-refractivity contribution in [1.82, 2.24) is 10.2 Å². The van der Waals surface area contributed by atoms with Crippen molar-refractivity contribution in [1.29, 1.82) is 0 Å². The second-order valence-corrected chi connectivity index (χ2v) is 6.90. The molecule has 3 atom stereocenters. The molecule has 0 saturated carbocycles. The van der Waals surface area contributed by atoms with Gasteiger partial charge >= 0.3 is 0 Å². The Morgan fingerprint density at radius 3 is 2.81 bits per heavy atom. The molecular formula is C17H23FN2O. The average Bonchev–Trinajstić information content (AvgIpc) is 3.00. The molecule has 1 aromatic rings. The molecule has 1 aromatic carbocycles. The van der Waals surface area contributed by atoms with Crippen LogP contribution in [0.1, 0.15) is 31.2 Å². The molecule has 4 heteroatoms. The van der Waals surface area contributed by atoms with E-state index in [1.54, 1.807) is 12.1 Å². The number of nitrogens with zero attached hydrogens (tertiary/aromatic N) is 1. The van der Waals surface area contributed by atoms with E-state index in [1.165, 1.54) is 31.7 Å². The molecule has 0 amide bonds. The van der Waals surface area contributed by atoms with E-state index in [2.05, 4.69) is 17.3 Å². The second-order valence-electron chi connectivity index (χ2n) is 6.90. The summed E-state index contributed by atoms with van der Waals surface area (Å²) in [6, 6.07) is 6.94. The first kappa shape index (κ1) is 13.5. The first-order valence-corrected chi connectivity index (χ1v) is 8.09. The highest BCUT2D eigenvalue weighted by molar-refractivity contribution is 5.37. The third-order valence-corrected chi connectivity index (χ3v) is 5.33. The smallest absolute Gasteiger partial charge is 0.123 e. The molecule has 114 valence electrons. The van der Waals surface area contributed by atoms with Gasteiger partial charge in [0.2, 0.25) is 0 Å². The highest BCUT2D eigenvalue weighted by atomic mass is 19.1. The maximum atomic E-state index is 13.3. The minimum Gasteiger partial charge on any atom is -0.488 e. The lowest BCUT2D eigenvalue weighted by atomic mass is 9.98. The minimum atomic E-state index is -0.165. The lowest BCUT2D eigenvalue weighted by Crippen LogP contribution is -2.49. The van der Waals surface area contributed by atoms with Crippen molar-refractivity contribution >= 4 is 0 Å². The molecule has 4 rings (SSSR count). The maximum absolute atomic E-state index is 13.3. The van der Waals surface area contributed by atoms with Crippen molar-refractivity contribution in [2.75, 3.05) is 13.6 Å². The number of halogens is 1. The number of rotatable bonds is 3. The van der Waals surface area contributed by atoms with Crippen LogP contribution in [0.4, 0.5) is 4.39 Å². The number of hydrogen-bond acceptors (Lipinski definition) is 3.